The molecule has 0 aliphatic heterocycles. The maximum Gasteiger partial charge on any atom is 0.265 e. The first kappa shape index (κ1) is 25.7. The number of ether oxygens (including phenoxy) is 1. The fourth-order valence-electron chi connectivity index (χ4n) is 3.21. The largest absolute Gasteiger partial charge is 0.457 e. The molecule has 1 atom stereocenters. The minimum Gasteiger partial charge on any atom is -0.457 e. The number of hydrogen-bond acceptors (Lipinski definition) is 7. The number of aromatic nitrogens is 1. The van der Waals surface area contributed by atoms with Crippen LogP contribution in [-0.2, 0) is 20.6 Å². The number of hydroxylamine groups is 1. The van der Waals surface area contributed by atoms with Crippen LogP contribution in [0.3, 0.4) is 0 Å². The SMILES string of the molecule is Cc1ccc(Oc2ccc(S(=O)(=O)N(O)[C@@H](C(N)=O)C(C)(C)SCc3ccccn3)cc2)cc1. The average Bonchev–Trinajstić information content (AvgIpc) is 2.80. The first-order valence-corrected chi connectivity index (χ1v) is 12.8. The third-order valence-electron chi connectivity index (χ3n) is 5.09. The molecule has 0 unspecified atom stereocenters. The molecule has 0 bridgehead atoms. The molecule has 180 valence electrons. The van der Waals surface area contributed by atoms with Crippen LogP contribution < -0.4 is 10.5 Å². The molecule has 1 aromatic heterocycles. The number of benzene rings is 2. The van der Waals surface area contributed by atoms with E-state index in [1.54, 1.807) is 38.2 Å². The number of nitrogens with zero attached hydrogens (tertiary/aromatic N) is 2. The highest BCUT2D eigenvalue weighted by molar-refractivity contribution is 8.00. The van der Waals surface area contributed by atoms with Crippen LogP contribution in [0.2, 0.25) is 0 Å². The van der Waals surface area contributed by atoms with Gasteiger partial charge in [-0.05, 0) is 69.3 Å². The van der Waals surface area contributed by atoms with Gasteiger partial charge in [-0.3, -0.25) is 15.0 Å². The first-order valence-electron chi connectivity index (χ1n) is 10.4. The summed E-state index contributed by atoms with van der Waals surface area (Å²) in [5, 5.41) is 10.7. The quantitative estimate of drug-likeness (QED) is 0.401. The number of thioether (sulfide) groups is 1. The van der Waals surface area contributed by atoms with E-state index in [2.05, 4.69) is 4.98 Å². The molecule has 0 fully saturated rings. The van der Waals surface area contributed by atoms with E-state index in [0.717, 1.165) is 11.3 Å². The van der Waals surface area contributed by atoms with Gasteiger partial charge in [-0.15, -0.1) is 11.8 Å². The molecule has 0 aliphatic carbocycles. The number of carbonyl (C=O) groups excluding carboxylic acids is 1. The third-order valence-corrected chi connectivity index (χ3v) is 8.07. The second-order valence-electron chi connectivity index (χ2n) is 8.18. The molecule has 3 N–H and O–H groups in total. The van der Waals surface area contributed by atoms with Crippen molar-refractivity contribution in [1.29, 1.82) is 0 Å². The molecule has 3 aromatic rings. The van der Waals surface area contributed by atoms with E-state index in [1.165, 1.54) is 36.0 Å². The van der Waals surface area contributed by atoms with Gasteiger partial charge >= 0.3 is 0 Å². The Morgan fingerprint density at radius 2 is 1.68 bits per heavy atom. The highest BCUT2D eigenvalue weighted by Gasteiger charge is 2.44. The van der Waals surface area contributed by atoms with Gasteiger partial charge in [-0.2, -0.15) is 0 Å². The summed E-state index contributed by atoms with van der Waals surface area (Å²) >= 11 is 1.26. The number of pyridine rings is 1. The molecule has 1 heterocycles. The molecule has 2 aromatic carbocycles. The minimum atomic E-state index is -4.44. The van der Waals surface area contributed by atoms with Crippen LogP contribution in [0, 0.1) is 6.92 Å². The molecule has 1 amide bonds. The van der Waals surface area contributed by atoms with Crippen LogP contribution in [0.1, 0.15) is 25.1 Å². The summed E-state index contributed by atoms with van der Waals surface area (Å²) in [5.74, 6) is 0.454. The monoisotopic (exact) mass is 501 g/mol. The Morgan fingerprint density at radius 1 is 1.09 bits per heavy atom. The molecule has 0 saturated heterocycles. The second kappa shape index (κ2) is 10.6. The van der Waals surface area contributed by atoms with E-state index in [0.29, 0.717) is 17.3 Å². The van der Waals surface area contributed by atoms with Gasteiger partial charge in [-0.25, -0.2) is 8.42 Å². The lowest BCUT2D eigenvalue weighted by atomic mass is 10.0. The normalized spacial score (nSPS) is 13.0. The average molecular weight is 502 g/mol. The highest BCUT2D eigenvalue weighted by Crippen LogP contribution is 2.35. The Hall–Kier alpha value is -2.92. The van der Waals surface area contributed by atoms with Crippen LogP contribution in [-0.4, -0.2) is 39.8 Å². The van der Waals surface area contributed by atoms with Crippen molar-refractivity contribution in [2.75, 3.05) is 0 Å². The molecule has 34 heavy (non-hydrogen) atoms. The fraction of sp³-hybridized carbons (Fsp3) is 0.250. The maximum atomic E-state index is 13.1. The molecule has 0 aliphatic rings. The van der Waals surface area contributed by atoms with Crippen molar-refractivity contribution in [3.05, 3.63) is 84.2 Å². The molecule has 10 heteroatoms. The summed E-state index contributed by atoms with van der Waals surface area (Å²) in [6, 6.07) is 16.9. The number of rotatable bonds is 10. The Balaban J connectivity index is 1.78. The number of amides is 1. The number of nitrogens with two attached hydrogens (primary N) is 1. The van der Waals surface area contributed by atoms with Gasteiger partial charge in [0.1, 0.15) is 17.5 Å². The molecule has 0 spiro atoms. The van der Waals surface area contributed by atoms with E-state index in [1.807, 2.05) is 31.2 Å². The number of hydrogen-bond donors (Lipinski definition) is 2. The van der Waals surface area contributed by atoms with Gasteiger partial charge in [0.2, 0.25) is 5.91 Å². The third kappa shape index (κ3) is 6.15. The van der Waals surface area contributed by atoms with Gasteiger partial charge in [0.15, 0.2) is 0 Å². The zero-order valence-corrected chi connectivity index (χ0v) is 20.7. The van der Waals surface area contributed by atoms with Crippen molar-refractivity contribution in [3.8, 4) is 11.5 Å². The Kier molecular flexibility index (Phi) is 7.98. The summed E-state index contributed by atoms with van der Waals surface area (Å²) in [5.41, 5.74) is 7.37. The van der Waals surface area contributed by atoms with E-state index < -0.39 is 26.7 Å². The van der Waals surface area contributed by atoms with Crippen LogP contribution in [0.15, 0.2) is 77.8 Å². The van der Waals surface area contributed by atoms with E-state index in [4.69, 9.17) is 10.5 Å². The highest BCUT2D eigenvalue weighted by atomic mass is 32.2. The van der Waals surface area contributed by atoms with Crippen LogP contribution >= 0.6 is 11.8 Å². The summed E-state index contributed by atoms with van der Waals surface area (Å²) in [7, 11) is -4.44. The molecule has 0 saturated carbocycles. The van der Waals surface area contributed by atoms with Gasteiger partial charge in [0.05, 0.1) is 10.6 Å². The Morgan fingerprint density at radius 3 is 2.21 bits per heavy atom. The Bertz CT molecular complexity index is 1220. The molecule has 3 rings (SSSR count). The van der Waals surface area contributed by atoms with E-state index >= 15 is 0 Å². The predicted molar refractivity (Wildman–Crippen MR) is 131 cm³/mol. The summed E-state index contributed by atoms with van der Waals surface area (Å²) < 4.78 is 30.9. The van der Waals surface area contributed by atoms with Crippen LogP contribution in [0.5, 0.6) is 11.5 Å². The minimum absolute atomic E-state index is 0.0522. The summed E-state index contributed by atoms with van der Waals surface area (Å²) in [4.78, 5) is 16.3. The van der Waals surface area contributed by atoms with Gasteiger partial charge in [-0.1, -0.05) is 28.2 Å². The first-order chi connectivity index (χ1) is 16.0. The van der Waals surface area contributed by atoms with Gasteiger partial charge in [0, 0.05) is 16.7 Å². The van der Waals surface area contributed by atoms with Gasteiger partial charge in [0.25, 0.3) is 10.0 Å². The number of sulfonamides is 1. The second-order valence-corrected chi connectivity index (χ2v) is 11.6. The molecular weight excluding hydrogens is 474 g/mol. The van der Waals surface area contributed by atoms with E-state index in [9.17, 15) is 18.4 Å². The topological polar surface area (TPSA) is 123 Å². The van der Waals surface area contributed by atoms with Crippen molar-refractivity contribution in [3.63, 3.8) is 0 Å². The lowest BCUT2D eigenvalue weighted by molar-refractivity contribution is -0.132. The molecule has 8 nitrogen and oxygen atoms in total. The fourth-order valence-corrected chi connectivity index (χ4v) is 5.68. The van der Waals surface area contributed by atoms with Crippen molar-refractivity contribution >= 4 is 27.7 Å². The number of aryl methyl sites for hydroxylation is 1. The Labute approximate surface area is 203 Å². The summed E-state index contributed by atoms with van der Waals surface area (Å²) in [6.07, 6.45) is 1.64. The lowest BCUT2D eigenvalue weighted by Gasteiger charge is -2.35. The zero-order valence-electron chi connectivity index (χ0n) is 19.1. The van der Waals surface area contributed by atoms with Crippen molar-refractivity contribution in [2.45, 2.75) is 42.2 Å². The van der Waals surface area contributed by atoms with Gasteiger partial charge < -0.3 is 10.5 Å². The van der Waals surface area contributed by atoms with Crippen molar-refractivity contribution in [1.82, 2.24) is 9.45 Å². The van der Waals surface area contributed by atoms with Crippen LogP contribution in [0.4, 0.5) is 0 Å². The summed E-state index contributed by atoms with van der Waals surface area (Å²) in [6.45, 7) is 5.25. The lowest BCUT2D eigenvalue weighted by Crippen LogP contribution is -2.55. The van der Waals surface area contributed by atoms with Crippen LogP contribution in [0.25, 0.3) is 0 Å². The zero-order chi connectivity index (χ0) is 24.9. The van der Waals surface area contributed by atoms with Crippen molar-refractivity contribution < 1.29 is 23.2 Å². The molecular formula is C24H27N3O5S2. The number of primary amides is 1. The molecule has 0 radical (unpaired) electrons. The predicted octanol–water partition coefficient (Wildman–Crippen LogP) is 4.13. The number of carbonyl (C=O) groups is 1. The van der Waals surface area contributed by atoms with E-state index in [-0.39, 0.29) is 9.36 Å². The smallest absolute Gasteiger partial charge is 0.265 e. The standard InChI is InChI=1S/C24H27N3O5S2/c1-17-7-9-19(10-8-17)32-20-11-13-21(14-12-20)34(30,31)27(29)22(23(25)28)24(2,3)33-16-18-6-4-5-15-26-18/h4-15,22,29H,16H2,1-3H3,(H2,25,28)/t22-/m0/s1. The maximum absolute atomic E-state index is 13.1. The van der Waals surface area contributed by atoms with Crippen molar-refractivity contribution in [2.24, 2.45) is 5.73 Å².